The van der Waals surface area contributed by atoms with Crippen molar-refractivity contribution in [1.29, 1.82) is 0 Å². The summed E-state index contributed by atoms with van der Waals surface area (Å²) in [6, 6.07) is 13.0. The molecule has 0 amide bonds. The highest BCUT2D eigenvalue weighted by Gasteiger charge is 2.26. The number of benzene rings is 2. The molecule has 5 heteroatoms. The fraction of sp³-hybridized carbons (Fsp3) is 0.235. The standard InChI is InChI=1S/C17H16O4S/c18-17(19)8-7-12-3-1-2-4-15(12)14-6-5-13-9-10-22(20,21)16(13)11-14/h1-6,11H,7-10H2,(H,18,19). The van der Waals surface area contributed by atoms with Gasteiger partial charge in [0.1, 0.15) is 0 Å². The van der Waals surface area contributed by atoms with Crippen LogP contribution in [0.1, 0.15) is 17.5 Å². The van der Waals surface area contributed by atoms with Crippen molar-refractivity contribution >= 4 is 15.8 Å². The van der Waals surface area contributed by atoms with Gasteiger partial charge in [0.05, 0.1) is 10.6 Å². The maximum atomic E-state index is 12.1. The van der Waals surface area contributed by atoms with Crippen LogP contribution in [-0.2, 0) is 27.5 Å². The molecule has 1 aliphatic rings. The summed E-state index contributed by atoms with van der Waals surface area (Å²) < 4.78 is 24.1. The molecule has 0 atom stereocenters. The molecule has 2 aromatic rings. The van der Waals surface area contributed by atoms with Gasteiger partial charge in [-0.3, -0.25) is 4.79 Å². The summed E-state index contributed by atoms with van der Waals surface area (Å²) in [5.41, 5.74) is 3.51. The molecule has 22 heavy (non-hydrogen) atoms. The van der Waals surface area contributed by atoms with Crippen molar-refractivity contribution in [2.45, 2.75) is 24.2 Å². The van der Waals surface area contributed by atoms with Crippen LogP contribution in [-0.4, -0.2) is 25.2 Å². The summed E-state index contributed by atoms with van der Waals surface area (Å²) in [6.45, 7) is 0. The summed E-state index contributed by atoms with van der Waals surface area (Å²) in [5.74, 6) is -0.668. The molecule has 0 saturated heterocycles. The number of hydrogen-bond donors (Lipinski definition) is 1. The first-order valence-corrected chi connectivity index (χ1v) is 8.78. The third-order valence-corrected chi connectivity index (χ3v) is 5.77. The Bertz CT molecular complexity index is 837. The number of fused-ring (bicyclic) bond motifs is 1. The van der Waals surface area contributed by atoms with Crippen molar-refractivity contribution in [2.24, 2.45) is 0 Å². The van der Waals surface area contributed by atoms with Gasteiger partial charge in [-0.1, -0.05) is 36.4 Å². The van der Waals surface area contributed by atoms with Crippen LogP contribution in [0.2, 0.25) is 0 Å². The van der Waals surface area contributed by atoms with Gasteiger partial charge in [0, 0.05) is 6.42 Å². The van der Waals surface area contributed by atoms with Gasteiger partial charge >= 0.3 is 5.97 Å². The molecule has 1 N–H and O–H groups in total. The summed E-state index contributed by atoms with van der Waals surface area (Å²) in [6.07, 6.45) is 1.05. The number of aryl methyl sites for hydroxylation is 2. The van der Waals surface area contributed by atoms with Crippen LogP contribution in [0.5, 0.6) is 0 Å². The predicted molar refractivity (Wildman–Crippen MR) is 83.6 cm³/mol. The van der Waals surface area contributed by atoms with E-state index in [9.17, 15) is 13.2 Å². The first kappa shape index (κ1) is 14.8. The molecule has 4 nitrogen and oxygen atoms in total. The van der Waals surface area contributed by atoms with E-state index in [0.717, 1.165) is 22.3 Å². The maximum Gasteiger partial charge on any atom is 0.303 e. The minimum Gasteiger partial charge on any atom is -0.481 e. The van der Waals surface area contributed by atoms with E-state index in [0.29, 0.717) is 17.7 Å². The molecular formula is C17H16O4S. The number of rotatable bonds is 4. The number of carboxylic acid groups (broad SMARTS) is 1. The number of sulfone groups is 1. The van der Waals surface area contributed by atoms with Gasteiger partial charge in [-0.05, 0) is 41.2 Å². The van der Waals surface area contributed by atoms with Gasteiger partial charge in [-0.15, -0.1) is 0 Å². The molecule has 1 aliphatic heterocycles. The van der Waals surface area contributed by atoms with Crippen LogP contribution >= 0.6 is 0 Å². The van der Waals surface area contributed by atoms with Crippen molar-refractivity contribution in [3.63, 3.8) is 0 Å². The second kappa shape index (κ2) is 5.57. The maximum absolute atomic E-state index is 12.1. The molecule has 2 aromatic carbocycles. The number of aliphatic carboxylic acids is 1. The smallest absolute Gasteiger partial charge is 0.303 e. The summed E-state index contributed by atoms with van der Waals surface area (Å²) in [5, 5.41) is 8.85. The lowest BCUT2D eigenvalue weighted by atomic mass is 9.96. The van der Waals surface area contributed by atoms with E-state index in [-0.39, 0.29) is 12.2 Å². The molecule has 1 heterocycles. The first-order valence-electron chi connectivity index (χ1n) is 7.13. The molecule has 0 aliphatic carbocycles. The zero-order valence-electron chi connectivity index (χ0n) is 12.0. The molecule has 3 rings (SSSR count). The van der Waals surface area contributed by atoms with E-state index in [1.54, 1.807) is 6.07 Å². The van der Waals surface area contributed by atoms with Crippen LogP contribution in [0.25, 0.3) is 11.1 Å². The third kappa shape index (κ3) is 2.76. The average Bonchev–Trinajstić information content (AvgIpc) is 2.80. The topological polar surface area (TPSA) is 71.4 Å². The second-order valence-electron chi connectivity index (χ2n) is 5.44. The lowest BCUT2D eigenvalue weighted by molar-refractivity contribution is -0.136. The predicted octanol–water partition coefficient (Wildman–Crippen LogP) is 2.70. The molecule has 114 valence electrons. The Morgan fingerprint density at radius 2 is 1.91 bits per heavy atom. The summed E-state index contributed by atoms with van der Waals surface area (Å²) in [7, 11) is -3.17. The van der Waals surface area contributed by atoms with E-state index in [4.69, 9.17) is 5.11 Å². The highest BCUT2D eigenvalue weighted by molar-refractivity contribution is 7.91. The van der Waals surface area contributed by atoms with Gasteiger partial charge < -0.3 is 5.11 Å². The van der Waals surface area contributed by atoms with E-state index >= 15 is 0 Å². The number of carbonyl (C=O) groups is 1. The highest BCUT2D eigenvalue weighted by Crippen LogP contribution is 2.32. The lowest BCUT2D eigenvalue weighted by Crippen LogP contribution is -2.00. The highest BCUT2D eigenvalue weighted by atomic mass is 32.2. The molecule has 0 unspecified atom stereocenters. The van der Waals surface area contributed by atoms with Gasteiger partial charge in [-0.25, -0.2) is 8.42 Å². The van der Waals surface area contributed by atoms with Crippen LogP contribution in [0.15, 0.2) is 47.4 Å². The summed E-state index contributed by atoms with van der Waals surface area (Å²) >= 11 is 0. The SMILES string of the molecule is O=C(O)CCc1ccccc1-c1ccc2c(c1)S(=O)(=O)CC2. The van der Waals surface area contributed by atoms with Crippen LogP contribution in [0, 0.1) is 0 Å². The Balaban J connectivity index is 2.04. The minimum atomic E-state index is -3.17. The van der Waals surface area contributed by atoms with Crippen LogP contribution < -0.4 is 0 Å². The summed E-state index contributed by atoms with van der Waals surface area (Å²) in [4.78, 5) is 11.2. The zero-order chi connectivity index (χ0) is 15.7. The molecule has 0 saturated carbocycles. The van der Waals surface area contributed by atoms with Crippen molar-refractivity contribution in [3.05, 3.63) is 53.6 Å². The van der Waals surface area contributed by atoms with Gasteiger partial charge in [0.25, 0.3) is 0 Å². The molecule has 0 bridgehead atoms. The van der Waals surface area contributed by atoms with E-state index in [2.05, 4.69) is 0 Å². The Morgan fingerprint density at radius 3 is 2.68 bits per heavy atom. The van der Waals surface area contributed by atoms with E-state index < -0.39 is 15.8 Å². The fourth-order valence-electron chi connectivity index (χ4n) is 2.83. The van der Waals surface area contributed by atoms with E-state index in [1.807, 2.05) is 36.4 Å². The van der Waals surface area contributed by atoms with Crippen LogP contribution in [0.3, 0.4) is 0 Å². The normalized spacial score (nSPS) is 15.5. The molecule has 0 fully saturated rings. The molecule has 0 aromatic heterocycles. The van der Waals surface area contributed by atoms with Gasteiger partial charge in [0.15, 0.2) is 9.84 Å². The first-order chi connectivity index (χ1) is 10.5. The largest absolute Gasteiger partial charge is 0.481 e. The van der Waals surface area contributed by atoms with Crippen molar-refractivity contribution in [1.82, 2.24) is 0 Å². The van der Waals surface area contributed by atoms with Crippen LogP contribution in [0.4, 0.5) is 0 Å². The minimum absolute atomic E-state index is 0.0558. The van der Waals surface area contributed by atoms with Crippen molar-refractivity contribution < 1.29 is 18.3 Å². The molecule has 0 radical (unpaired) electrons. The van der Waals surface area contributed by atoms with Crippen molar-refractivity contribution in [3.8, 4) is 11.1 Å². The second-order valence-corrected chi connectivity index (χ2v) is 7.52. The van der Waals surface area contributed by atoms with E-state index in [1.165, 1.54) is 0 Å². The number of hydrogen-bond acceptors (Lipinski definition) is 3. The van der Waals surface area contributed by atoms with Gasteiger partial charge in [-0.2, -0.15) is 0 Å². The number of carboxylic acids is 1. The molecular weight excluding hydrogens is 300 g/mol. The quantitative estimate of drug-likeness (QED) is 0.941. The molecule has 0 spiro atoms. The lowest BCUT2D eigenvalue weighted by Gasteiger charge is -2.10. The Morgan fingerprint density at radius 1 is 1.14 bits per heavy atom. The monoisotopic (exact) mass is 316 g/mol. The Labute approximate surface area is 129 Å². The Kier molecular flexibility index (Phi) is 3.74. The zero-order valence-corrected chi connectivity index (χ0v) is 12.8. The fourth-order valence-corrected chi connectivity index (χ4v) is 4.42. The average molecular weight is 316 g/mol. The third-order valence-electron chi connectivity index (χ3n) is 3.98. The van der Waals surface area contributed by atoms with Crippen molar-refractivity contribution in [2.75, 3.05) is 5.75 Å². The Hall–Kier alpha value is -2.14. The van der Waals surface area contributed by atoms with Gasteiger partial charge in [0.2, 0.25) is 0 Å².